The van der Waals surface area contributed by atoms with Gasteiger partial charge in [-0.15, -0.1) is 5.10 Å². The molecule has 1 fully saturated rings. The monoisotopic (exact) mass is 276 g/mol. The second-order valence-electron chi connectivity index (χ2n) is 7.34. The SMILES string of the molecule is CC1CC(C)CN(c2ccc(CNC(C)(C)C)nn2)C1. The molecule has 2 heterocycles. The van der Waals surface area contributed by atoms with Crippen LogP contribution in [0, 0.1) is 11.8 Å². The van der Waals surface area contributed by atoms with Crippen LogP contribution in [0.5, 0.6) is 0 Å². The molecule has 2 unspecified atom stereocenters. The van der Waals surface area contributed by atoms with Crippen LogP contribution in [0.3, 0.4) is 0 Å². The Bertz CT molecular complexity index is 411. The summed E-state index contributed by atoms with van der Waals surface area (Å²) in [6.45, 7) is 14.1. The van der Waals surface area contributed by atoms with Gasteiger partial charge in [-0.3, -0.25) is 0 Å². The number of nitrogens with one attached hydrogen (secondary N) is 1. The highest BCUT2D eigenvalue weighted by Crippen LogP contribution is 2.24. The van der Waals surface area contributed by atoms with Crippen LogP contribution in [0.4, 0.5) is 5.82 Å². The highest BCUT2D eigenvalue weighted by atomic mass is 15.3. The summed E-state index contributed by atoms with van der Waals surface area (Å²) in [5.74, 6) is 2.49. The third kappa shape index (κ3) is 4.44. The van der Waals surface area contributed by atoms with Gasteiger partial charge in [-0.2, -0.15) is 5.10 Å². The van der Waals surface area contributed by atoms with Gasteiger partial charge in [0.2, 0.25) is 0 Å². The molecule has 1 aromatic heterocycles. The Kier molecular flexibility index (Phi) is 4.63. The lowest BCUT2D eigenvalue weighted by Crippen LogP contribution is -2.39. The van der Waals surface area contributed by atoms with E-state index in [0.717, 1.165) is 43.0 Å². The van der Waals surface area contributed by atoms with Crippen molar-refractivity contribution in [1.29, 1.82) is 0 Å². The zero-order chi connectivity index (χ0) is 14.8. The highest BCUT2D eigenvalue weighted by molar-refractivity contribution is 5.38. The average Bonchev–Trinajstić information content (AvgIpc) is 2.35. The minimum atomic E-state index is 0.109. The molecule has 0 aliphatic carbocycles. The largest absolute Gasteiger partial charge is 0.355 e. The first-order valence-corrected chi connectivity index (χ1v) is 7.66. The van der Waals surface area contributed by atoms with Crippen LogP contribution in [-0.4, -0.2) is 28.8 Å². The molecule has 1 N–H and O–H groups in total. The fourth-order valence-electron chi connectivity index (χ4n) is 2.82. The summed E-state index contributed by atoms with van der Waals surface area (Å²) in [6.07, 6.45) is 1.32. The van der Waals surface area contributed by atoms with E-state index in [9.17, 15) is 0 Å². The van der Waals surface area contributed by atoms with Crippen molar-refractivity contribution in [2.24, 2.45) is 11.8 Å². The van der Waals surface area contributed by atoms with Crippen LogP contribution < -0.4 is 10.2 Å². The fourth-order valence-corrected chi connectivity index (χ4v) is 2.82. The van der Waals surface area contributed by atoms with Crippen LogP contribution in [0.15, 0.2) is 12.1 Å². The van der Waals surface area contributed by atoms with Crippen LogP contribution >= 0.6 is 0 Å². The molecule has 112 valence electrons. The lowest BCUT2D eigenvalue weighted by atomic mass is 9.92. The second kappa shape index (κ2) is 6.08. The maximum absolute atomic E-state index is 4.41. The molecule has 4 nitrogen and oxygen atoms in total. The molecule has 0 radical (unpaired) electrons. The summed E-state index contributed by atoms with van der Waals surface area (Å²) in [5.41, 5.74) is 1.11. The Hall–Kier alpha value is -1.16. The number of piperidine rings is 1. The van der Waals surface area contributed by atoms with Gasteiger partial charge in [0.1, 0.15) is 0 Å². The summed E-state index contributed by atoms with van der Waals surface area (Å²) in [4.78, 5) is 2.37. The molecule has 0 aromatic carbocycles. The van der Waals surface area contributed by atoms with E-state index in [4.69, 9.17) is 0 Å². The van der Waals surface area contributed by atoms with E-state index in [-0.39, 0.29) is 5.54 Å². The number of aromatic nitrogens is 2. The van der Waals surface area contributed by atoms with E-state index in [2.05, 4.69) is 67.2 Å². The summed E-state index contributed by atoms with van der Waals surface area (Å²) in [7, 11) is 0. The number of anilines is 1. The van der Waals surface area contributed by atoms with Crippen molar-refractivity contribution < 1.29 is 0 Å². The van der Waals surface area contributed by atoms with Crippen LogP contribution in [0.1, 0.15) is 46.7 Å². The van der Waals surface area contributed by atoms with Crippen molar-refractivity contribution in [1.82, 2.24) is 15.5 Å². The van der Waals surface area contributed by atoms with Gasteiger partial charge in [-0.25, -0.2) is 0 Å². The Morgan fingerprint density at radius 3 is 2.30 bits per heavy atom. The molecule has 20 heavy (non-hydrogen) atoms. The Morgan fingerprint density at radius 2 is 1.80 bits per heavy atom. The Balaban J connectivity index is 1.97. The standard InChI is InChI=1S/C16H28N4/c1-12-8-13(2)11-20(10-12)15-7-6-14(18-19-15)9-17-16(3,4)5/h6-7,12-13,17H,8-11H2,1-5H3. The van der Waals surface area contributed by atoms with Gasteiger partial charge in [0.05, 0.1) is 5.69 Å². The summed E-state index contributed by atoms with van der Waals surface area (Å²) in [5, 5.41) is 12.2. The van der Waals surface area contributed by atoms with Crippen molar-refractivity contribution in [2.45, 2.75) is 53.1 Å². The number of nitrogens with zero attached hydrogens (tertiary/aromatic N) is 3. The molecule has 1 aliphatic rings. The predicted molar refractivity (Wildman–Crippen MR) is 83.8 cm³/mol. The fraction of sp³-hybridized carbons (Fsp3) is 0.750. The van der Waals surface area contributed by atoms with Crippen molar-refractivity contribution in [3.8, 4) is 0 Å². The summed E-state index contributed by atoms with van der Waals surface area (Å²) in [6, 6.07) is 4.20. The van der Waals surface area contributed by atoms with E-state index in [1.54, 1.807) is 0 Å². The molecular weight excluding hydrogens is 248 g/mol. The molecule has 2 rings (SSSR count). The molecule has 4 heteroatoms. The van der Waals surface area contributed by atoms with Crippen molar-refractivity contribution in [2.75, 3.05) is 18.0 Å². The van der Waals surface area contributed by atoms with Gasteiger partial charge >= 0.3 is 0 Å². The van der Waals surface area contributed by atoms with Gasteiger partial charge < -0.3 is 10.2 Å². The predicted octanol–water partition coefficient (Wildman–Crippen LogP) is 2.85. The molecule has 1 aromatic rings. The highest BCUT2D eigenvalue weighted by Gasteiger charge is 2.22. The van der Waals surface area contributed by atoms with E-state index in [0.29, 0.717) is 0 Å². The lowest BCUT2D eigenvalue weighted by Gasteiger charge is -2.35. The molecule has 2 atom stereocenters. The normalized spacial score (nSPS) is 23.9. The van der Waals surface area contributed by atoms with E-state index in [1.165, 1.54) is 6.42 Å². The maximum atomic E-state index is 4.41. The summed E-state index contributed by atoms with van der Waals surface area (Å²) >= 11 is 0. The van der Waals surface area contributed by atoms with Gasteiger partial charge in [-0.1, -0.05) is 13.8 Å². The topological polar surface area (TPSA) is 41.0 Å². The van der Waals surface area contributed by atoms with Gasteiger partial charge in [0.25, 0.3) is 0 Å². The quantitative estimate of drug-likeness (QED) is 0.921. The van der Waals surface area contributed by atoms with Crippen molar-refractivity contribution in [3.05, 3.63) is 17.8 Å². The molecule has 1 saturated heterocycles. The number of rotatable bonds is 3. The molecule has 0 amide bonds. The number of hydrogen-bond donors (Lipinski definition) is 1. The molecule has 0 saturated carbocycles. The number of hydrogen-bond acceptors (Lipinski definition) is 4. The second-order valence-corrected chi connectivity index (χ2v) is 7.34. The lowest BCUT2D eigenvalue weighted by molar-refractivity contribution is 0.354. The Morgan fingerprint density at radius 1 is 1.15 bits per heavy atom. The van der Waals surface area contributed by atoms with Gasteiger partial charge in [0.15, 0.2) is 5.82 Å². The molecule has 1 aliphatic heterocycles. The smallest absolute Gasteiger partial charge is 0.151 e. The van der Waals surface area contributed by atoms with Gasteiger partial charge in [-0.05, 0) is 51.2 Å². The first-order valence-electron chi connectivity index (χ1n) is 7.66. The molecular formula is C16H28N4. The average molecular weight is 276 g/mol. The Labute approximate surface area is 123 Å². The van der Waals surface area contributed by atoms with E-state index in [1.807, 2.05) is 0 Å². The summed E-state index contributed by atoms with van der Waals surface area (Å²) < 4.78 is 0. The third-order valence-corrected chi connectivity index (χ3v) is 3.70. The van der Waals surface area contributed by atoms with Gasteiger partial charge in [0, 0.05) is 25.2 Å². The zero-order valence-corrected chi connectivity index (χ0v) is 13.5. The minimum absolute atomic E-state index is 0.109. The first kappa shape index (κ1) is 15.2. The third-order valence-electron chi connectivity index (χ3n) is 3.70. The van der Waals surface area contributed by atoms with Crippen LogP contribution in [0.2, 0.25) is 0 Å². The van der Waals surface area contributed by atoms with Crippen LogP contribution in [-0.2, 0) is 6.54 Å². The zero-order valence-electron chi connectivity index (χ0n) is 13.5. The van der Waals surface area contributed by atoms with Crippen molar-refractivity contribution >= 4 is 5.82 Å². The maximum Gasteiger partial charge on any atom is 0.151 e. The minimum Gasteiger partial charge on any atom is -0.355 e. The van der Waals surface area contributed by atoms with Crippen LogP contribution in [0.25, 0.3) is 0 Å². The molecule has 0 bridgehead atoms. The van der Waals surface area contributed by atoms with E-state index < -0.39 is 0 Å². The van der Waals surface area contributed by atoms with Crippen molar-refractivity contribution in [3.63, 3.8) is 0 Å². The molecule has 0 spiro atoms. The first-order chi connectivity index (χ1) is 9.33. The van der Waals surface area contributed by atoms with E-state index >= 15 is 0 Å².